The van der Waals surface area contributed by atoms with Gasteiger partial charge in [0.05, 0.1) is 0 Å². The van der Waals surface area contributed by atoms with Gasteiger partial charge in [-0.2, -0.15) is 0 Å². The van der Waals surface area contributed by atoms with Crippen molar-refractivity contribution in [3.8, 4) is 111 Å². The standard InChI is InChI=1S/C80H64S/c1-79(2,3)63-49-73(71-41-25-23-39-69(71)67-37-21-19-35-65(67)61-45-57(53-27-11-7-12-28-53)43-58(46-61)54-29-13-8-14-30-54)77-75(51-63)76-52-64(80(4,5)6)50-74(78(76)81-77)72-42-26-24-40-70(72)68-38-22-20-36-66(68)62-47-59(55-31-15-9-16-32-55)44-60(48-62)56-33-17-10-18-34-56/h7-52H,1-6H3. The molecular formula is C80H64S. The zero-order valence-corrected chi connectivity index (χ0v) is 47.8. The largest absolute Gasteiger partial charge is 0.134 e. The van der Waals surface area contributed by atoms with E-state index in [2.05, 4.69) is 321 Å². The van der Waals surface area contributed by atoms with Gasteiger partial charge in [0.15, 0.2) is 0 Å². The molecule has 0 radical (unpaired) electrons. The van der Waals surface area contributed by atoms with Crippen LogP contribution in [-0.2, 0) is 10.8 Å². The molecule has 0 spiro atoms. The first-order valence-corrected chi connectivity index (χ1v) is 29.2. The summed E-state index contributed by atoms with van der Waals surface area (Å²) in [6.45, 7) is 14.1. The molecule has 0 nitrogen and oxygen atoms in total. The molecule has 81 heavy (non-hydrogen) atoms. The molecule has 0 aliphatic rings. The Bertz CT molecular complexity index is 4030. The number of fused-ring (bicyclic) bond motifs is 3. The highest BCUT2D eigenvalue weighted by Gasteiger charge is 2.26. The summed E-state index contributed by atoms with van der Waals surface area (Å²) in [4.78, 5) is 0. The van der Waals surface area contributed by atoms with Crippen molar-refractivity contribution in [3.63, 3.8) is 0 Å². The van der Waals surface area contributed by atoms with E-state index in [1.54, 1.807) is 0 Å². The number of thiophene rings is 1. The lowest BCUT2D eigenvalue weighted by molar-refractivity contribution is 0.590. The summed E-state index contributed by atoms with van der Waals surface area (Å²) >= 11 is 1.95. The lowest BCUT2D eigenvalue weighted by atomic mass is 9.81. The van der Waals surface area contributed by atoms with Crippen LogP contribution in [0.2, 0.25) is 0 Å². The molecule has 390 valence electrons. The highest BCUT2D eigenvalue weighted by atomic mass is 32.1. The number of benzene rings is 12. The summed E-state index contributed by atoms with van der Waals surface area (Å²) in [5.74, 6) is 0. The lowest BCUT2D eigenvalue weighted by Gasteiger charge is -2.23. The molecule has 1 heteroatoms. The molecular weight excluding hydrogens is 993 g/mol. The maximum absolute atomic E-state index is 2.51. The molecule has 0 N–H and O–H groups in total. The third kappa shape index (κ3) is 10.0. The number of rotatable bonds is 10. The van der Waals surface area contributed by atoms with E-state index in [-0.39, 0.29) is 10.8 Å². The molecule has 0 fully saturated rings. The van der Waals surface area contributed by atoms with Gasteiger partial charge >= 0.3 is 0 Å². The van der Waals surface area contributed by atoms with Gasteiger partial charge in [0.2, 0.25) is 0 Å². The van der Waals surface area contributed by atoms with Crippen molar-refractivity contribution < 1.29 is 0 Å². The SMILES string of the molecule is CC(C)(C)c1cc(-c2ccccc2-c2ccccc2-c2cc(-c3ccccc3)cc(-c3ccccc3)c2)c2sc3c(-c4ccccc4-c4ccccc4-c4cc(-c5ccccc5)cc(-c5ccccc5)c4)cc(C(C)(C)C)cc3c2c1. The van der Waals surface area contributed by atoms with E-state index < -0.39 is 0 Å². The van der Waals surface area contributed by atoms with Gasteiger partial charge < -0.3 is 0 Å². The van der Waals surface area contributed by atoms with Crippen molar-refractivity contribution in [1.29, 1.82) is 0 Å². The van der Waals surface area contributed by atoms with Gasteiger partial charge in [-0.05, 0) is 183 Å². The van der Waals surface area contributed by atoms with E-state index in [1.165, 1.54) is 143 Å². The van der Waals surface area contributed by atoms with Crippen molar-refractivity contribution in [3.05, 3.63) is 290 Å². The molecule has 0 aliphatic heterocycles. The summed E-state index contributed by atoms with van der Waals surface area (Å²) in [6, 6.07) is 104. The smallest absolute Gasteiger partial charge is 0.0434 e. The van der Waals surface area contributed by atoms with E-state index in [0.29, 0.717) is 0 Å². The van der Waals surface area contributed by atoms with E-state index in [1.807, 2.05) is 11.3 Å². The van der Waals surface area contributed by atoms with Crippen LogP contribution in [0.25, 0.3) is 131 Å². The predicted octanol–water partition coefficient (Wildman–Crippen LogP) is 23.3. The summed E-state index contributed by atoms with van der Waals surface area (Å²) in [6.07, 6.45) is 0. The summed E-state index contributed by atoms with van der Waals surface area (Å²) in [7, 11) is 0. The van der Waals surface area contributed by atoms with Crippen molar-refractivity contribution in [2.45, 2.75) is 52.4 Å². The van der Waals surface area contributed by atoms with Crippen LogP contribution in [0.4, 0.5) is 0 Å². The number of hydrogen-bond donors (Lipinski definition) is 0. The van der Waals surface area contributed by atoms with E-state index in [0.717, 1.165) is 0 Å². The first kappa shape index (κ1) is 51.3. The van der Waals surface area contributed by atoms with Crippen molar-refractivity contribution in [1.82, 2.24) is 0 Å². The van der Waals surface area contributed by atoms with E-state index in [9.17, 15) is 0 Å². The van der Waals surface area contributed by atoms with Gasteiger partial charge in [0.25, 0.3) is 0 Å². The van der Waals surface area contributed by atoms with Gasteiger partial charge in [0, 0.05) is 31.3 Å². The maximum atomic E-state index is 2.51. The fourth-order valence-electron chi connectivity index (χ4n) is 11.8. The minimum absolute atomic E-state index is 0.116. The molecule has 13 rings (SSSR count). The van der Waals surface area contributed by atoms with Gasteiger partial charge in [-0.1, -0.05) is 260 Å². The van der Waals surface area contributed by atoms with Gasteiger partial charge in [-0.15, -0.1) is 11.3 Å². The minimum atomic E-state index is -0.116. The zero-order chi connectivity index (χ0) is 55.2. The lowest BCUT2D eigenvalue weighted by Crippen LogP contribution is -2.11. The van der Waals surface area contributed by atoms with Crippen molar-refractivity contribution in [2.75, 3.05) is 0 Å². The summed E-state index contributed by atoms with van der Waals surface area (Å²) in [5, 5.41) is 2.61. The third-order valence-electron chi connectivity index (χ3n) is 16.2. The molecule has 1 aromatic heterocycles. The van der Waals surface area contributed by atoms with Crippen LogP contribution in [0.1, 0.15) is 52.7 Å². The van der Waals surface area contributed by atoms with Crippen LogP contribution >= 0.6 is 11.3 Å². The summed E-state index contributed by atoms with van der Waals surface area (Å²) < 4.78 is 2.61. The Balaban J connectivity index is 1.02. The second-order valence-corrected chi connectivity index (χ2v) is 24.7. The molecule has 0 amide bonds. The monoisotopic (exact) mass is 1060 g/mol. The highest BCUT2D eigenvalue weighted by molar-refractivity contribution is 7.27. The fraction of sp³-hybridized carbons (Fsp3) is 0.100. The second kappa shape index (κ2) is 21.2. The van der Waals surface area contributed by atoms with Gasteiger partial charge in [0.1, 0.15) is 0 Å². The Morgan fingerprint density at radius 1 is 0.198 bits per heavy atom. The fourth-order valence-corrected chi connectivity index (χ4v) is 13.2. The van der Waals surface area contributed by atoms with Gasteiger partial charge in [-0.25, -0.2) is 0 Å². The first-order valence-electron chi connectivity index (χ1n) is 28.4. The predicted molar refractivity (Wildman–Crippen MR) is 351 cm³/mol. The van der Waals surface area contributed by atoms with Crippen LogP contribution in [0.5, 0.6) is 0 Å². The van der Waals surface area contributed by atoms with Crippen molar-refractivity contribution >= 4 is 31.5 Å². The maximum Gasteiger partial charge on any atom is 0.0434 e. The van der Waals surface area contributed by atoms with E-state index in [4.69, 9.17) is 0 Å². The molecule has 0 atom stereocenters. The van der Waals surface area contributed by atoms with Crippen LogP contribution in [0.3, 0.4) is 0 Å². The molecule has 0 saturated heterocycles. The molecule has 0 bridgehead atoms. The van der Waals surface area contributed by atoms with Crippen LogP contribution in [0.15, 0.2) is 279 Å². The van der Waals surface area contributed by atoms with Crippen molar-refractivity contribution in [2.24, 2.45) is 0 Å². The Hall–Kier alpha value is -9.14. The Morgan fingerprint density at radius 2 is 0.420 bits per heavy atom. The van der Waals surface area contributed by atoms with Crippen LogP contribution < -0.4 is 0 Å². The van der Waals surface area contributed by atoms with E-state index >= 15 is 0 Å². The normalized spacial score (nSPS) is 11.8. The quantitative estimate of drug-likeness (QED) is 0.128. The Morgan fingerprint density at radius 3 is 0.691 bits per heavy atom. The molecule has 0 saturated carbocycles. The molecule has 0 unspecified atom stereocenters. The highest BCUT2D eigenvalue weighted by Crippen LogP contribution is 2.51. The van der Waals surface area contributed by atoms with Crippen LogP contribution in [-0.4, -0.2) is 0 Å². The van der Waals surface area contributed by atoms with Gasteiger partial charge in [-0.3, -0.25) is 0 Å². The molecule has 1 heterocycles. The second-order valence-electron chi connectivity index (χ2n) is 23.6. The average Bonchev–Trinajstić information content (AvgIpc) is 4.10. The molecule has 12 aromatic carbocycles. The minimum Gasteiger partial charge on any atom is -0.134 e. The molecule has 0 aliphatic carbocycles. The topological polar surface area (TPSA) is 0 Å². The Kier molecular flexibility index (Phi) is 13.4. The zero-order valence-electron chi connectivity index (χ0n) is 47.0. The summed E-state index contributed by atoms with van der Waals surface area (Å²) in [5.41, 5.74) is 26.6. The molecule has 13 aromatic rings. The van der Waals surface area contributed by atoms with Crippen LogP contribution in [0, 0.1) is 0 Å². The Labute approximate surface area is 482 Å². The first-order chi connectivity index (χ1) is 39.4. The average molecular weight is 1060 g/mol. The third-order valence-corrected chi connectivity index (χ3v) is 17.5. The number of hydrogen-bond acceptors (Lipinski definition) is 1.